The van der Waals surface area contributed by atoms with Crippen LogP contribution < -0.4 is 5.73 Å². The molecule has 98 valence electrons. The van der Waals surface area contributed by atoms with Crippen LogP contribution in [0.3, 0.4) is 0 Å². The molecule has 1 aromatic rings. The Morgan fingerprint density at radius 2 is 2.11 bits per heavy atom. The summed E-state index contributed by atoms with van der Waals surface area (Å²) in [6.45, 7) is 0. The molecule has 1 unspecified atom stereocenters. The predicted octanol–water partition coefficient (Wildman–Crippen LogP) is 3.67. The lowest BCUT2D eigenvalue weighted by atomic mass is 9.87. The first-order chi connectivity index (χ1) is 8.58. The molecule has 3 nitrogen and oxygen atoms in total. The van der Waals surface area contributed by atoms with E-state index >= 15 is 0 Å². The summed E-state index contributed by atoms with van der Waals surface area (Å²) in [5.74, 6) is -0.841. The largest absolute Gasteiger partial charge is 0.481 e. The van der Waals surface area contributed by atoms with Crippen molar-refractivity contribution in [2.45, 2.75) is 38.0 Å². The summed E-state index contributed by atoms with van der Waals surface area (Å²) in [5.41, 5.74) is 7.05. The highest BCUT2D eigenvalue weighted by atomic mass is 35.5. The molecule has 1 saturated carbocycles. The Bertz CT molecular complexity index is 441. The average molecular weight is 268 g/mol. The third kappa shape index (κ3) is 2.96. The zero-order chi connectivity index (χ0) is 13.1. The van der Waals surface area contributed by atoms with Crippen molar-refractivity contribution in [1.82, 2.24) is 0 Å². The van der Waals surface area contributed by atoms with E-state index in [4.69, 9.17) is 17.3 Å². The Morgan fingerprint density at radius 3 is 2.72 bits per heavy atom. The van der Waals surface area contributed by atoms with Crippen LogP contribution in [0.2, 0.25) is 5.02 Å². The summed E-state index contributed by atoms with van der Waals surface area (Å²) >= 11 is 5.93. The van der Waals surface area contributed by atoms with Gasteiger partial charge < -0.3 is 10.8 Å². The minimum atomic E-state index is -0.809. The molecule has 2 rings (SSSR count). The van der Waals surface area contributed by atoms with Crippen molar-refractivity contribution in [2.75, 3.05) is 5.73 Å². The van der Waals surface area contributed by atoms with Gasteiger partial charge in [-0.3, -0.25) is 4.79 Å². The van der Waals surface area contributed by atoms with Gasteiger partial charge in [0.15, 0.2) is 0 Å². The Morgan fingerprint density at radius 1 is 1.44 bits per heavy atom. The van der Waals surface area contributed by atoms with Gasteiger partial charge in [-0.2, -0.15) is 0 Å². The first kappa shape index (κ1) is 13.2. The number of carbonyl (C=O) groups is 1. The van der Waals surface area contributed by atoms with Crippen molar-refractivity contribution in [3.8, 4) is 0 Å². The van der Waals surface area contributed by atoms with E-state index in [1.54, 1.807) is 18.2 Å². The normalized spacial score (nSPS) is 17.8. The fraction of sp³-hybridized carbons (Fsp3) is 0.500. The number of nitrogens with two attached hydrogens (primary N) is 1. The van der Waals surface area contributed by atoms with Gasteiger partial charge in [0.1, 0.15) is 0 Å². The summed E-state index contributed by atoms with van der Waals surface area (Å²) in [5, 5.41) is 9.94. The molecule has 0 saturated heterocycles. The van der Waals surface area contributed by atoms with Crippen molar-refractivity contribution >= 4 is 23.3 Å². The van der Waals surface area contributed by atoms with Crippen molar-refractivity contribution in [1.29, 1.82) is 0 Å². The molecule has 4 heteroatoms. The van der Waals surface area contributed by atoms with Gasteiger partial charge in [0.25, 0.3) is 0 Å². The monoisotopic (exact) mass is 267 g/mol. The standard InChI is InChI=1S/C14H18ClNO2/c15-10-5-6-13(16)11(8-10)12(14(17)18)7-9-3-1-2-4-9/h5-6,8-9,12H,1-4,7,16H2,(H,17,18). The first-order valence-corrected chi connectivity index (χ1v) is 6.73. The second-order valence-electron chi connectivity index (χ2n) is 5.05. The second kappa shape index (κ2) is 5.61. The lowest BCUT2D eigenvalue weighted by Crippen LogP contribution is -2.16. The number of rotatable bonds is 4. The van der Waals surface area contributed by atoms with Crippen LogP contribution in [0.4, 0.5) is 5.69 Å². The SMILES string of the molecule is Nc1ccc(Cl)cc1C(CC1CCCC1)C(=O)O. The Kier molecular flexibility index (Phi) is 4.12. The maximum Gasteiger partial charge on any atom is 0.311 e. The maximum atomic E-state index is 11.5. The number of hydrogen-bond acceptors (Lipinski definition) is 2. The van der Waals surface area contributed by atoms with E-state index in [0.717, 1.165) is 12.8 Å². The minimum absolute atomic E-state index is 0.504. The Hall–Kier alpha value is -1.22. The molecule has 1 atom stereocenters. The van der Waals surface area contributed by atoms with Crippen LogP contribution in [0.25, 0.3) is 0 Å². The minimum Gasteiger partial charge on any atom is -0.481 e. The van der Waals surface area contributed by atoms with Crippen LogP contribution >= 0.6 is 11.6 Å². The molecule has 0 bridgehead atoms. The number of nitrogen functional groups attached to an aromatic ring is 1. The van der Waals surface area contributed by atoms with Gasteiger partial charge in [-0.15, -0.1) is 0 Å². The molecule has 0 aliphatic heterocycles. The van der Waals surface area contributed by atoms with E-state index in [-0.39, 0.29) is 0 Å². The number of anilines is 1. The molecule has 1 fully saturated rings. The van der Waals surface area contributed by atoms with Crippen LogP contribution in [0.15, 0.2) is 18.2 Å². The summed E-state index contributed by atoms with van der Waals surface area (Å²) < 4.78 is 0. The summed E-state index contributed by atoms with van der Waals surface area (Å²) in [4.78, 5) is 11.5. The fourth-order valence-corrected chi connectivity index (χ4v) is 2.97. The fourth-order valence-electron chi connectivity index (χ4n) is 2.79. The number of halogens is 1. The van der Waals surface area contributed by atoms with E-state index in [1.165, 1.54) is 12.8 Å². The smallest absolute Gasteiger partial charge is 0.311 e. The molecular weight excluding hydrogens is 250 g/mol. The summed E-state index contributed by atoms with van der Waals surface area (Å²) in [7, 11) is 0. The number of carboxylic acids is 1. The van der Waals surface area contributed by atoms with Gasteiger partial charge in [0.05, 0.1) is 5.92 Å². The average Bonchev–Trinajstić information content (AvgIpc) is 2.82. The topological polar surface area (TPSA) is 63.3 Å². The second-order valence-corrected chi connectivity index (χ2v) is 5.49. The van der Waals surface area contributed by atoms with Crippen LogP contribution in [0.5, 0.6) is 0 Å². The molecule has 0 amide bonds. The summed E-state index contributed by atoms with van der Waals surface area (Å²) in [6.07, 6.45) is 5.35. The van der Waals surface area contributed by atoms with Gasteiger partial charge in [-0.05, 0) is 36.1 Å². The lowest BCUT2D eigenvalue weighted by Gasteiger charge is -2.19. The number of aliphatic carboxylic acids is 1. The third-order valence-electron chi connectivity index (χ3n) is 3.77. The first-order valence-electron chi connectivity index (χ1n) is 6.35. The van der Waals surface area contributed by atoms with Crippen molar-refractivity contribution in [3.63, 3.8) is 0 Å². The molecule has 0 spiro atoms. The Balaban J connectivity index is 2.23. The molecule has 0 aromatic heterocycles. The maximum absolute atomic E-state index is 11.5. The molecule has 0 heterocycles. The zero-order valence-corrected chi connectivity index (χ0v) is 11.0. The van der Waals surface area contributed by atoms with Crippen LogP contribution in [-0.2, 0) is 4.79 Å². The van der Waals surface area contributed by atoms with E-state index in [0.29, 0.717) is 28.6 Å². The van der Waals surface area contributed by atoms with E-state index in [9.17, 15) is 9.90 Å². The quantitative estimate of drug-likeness (QED) is 0.818. The number of hydrogen-bond donors (Lipinski definition) is 2. The highest BCUT2D eigenvalue weighted by Crippen LogP contribution is 2.36. The van der Waals surface area contributed by atoms with Gasteiger partial charge in [0.2, 0.25) is 0 Å². The van der Waals surface area contributed by atoms with Crippen molar-refractivity contribution < 1.29 is 9.90 Å². The highest BCUT2D eigenvalue weighted by Gasteiger charge is 2.27. The van der Waals surface area contributed by atoms with E-state index < -0.39 is 11.9 Å². The van der Waals surface area contributed by atoms with Gasteiger partial charge in [0, 0.05) is 10.7 Å². The number of carboxylic acid groups (broad SMARTS) is 1. The lowest BCUT2D eigenvalue weighted by molar-refractivity contribution is -0.139. The van der Waals surface area contributed by atoms with Crippen molar-refractivity contribution in [2.24, 2.45) is 5.92 Å². The number of benzene rings is 1. The molecule has 18 heavy (non-hydrogen) atoms. The molecule has 0 radical (unpaired) electrons. The molecule has 1 aliphatic carbocycles. The van der Waals surface area contributed by atoms with Gasteiger partial charge in [-0.25, -0.2) is 0 Å². The molecule has 3 N–H and O–H groups in total. The van der Waals surface area contributed by atoms with Gasteiger partial charge >= 0.3 is 5.97 Å². The molecule has 1 aromatic carbocycles. The van der Waals surface area contributed by atoms with Crippen LogP contribution in [0, 0.1) is 5.92 Å². The third-order valence-corrected chi connectivity index (χ3v) is 4.00. The molecular formula is C14H18ClNO2. The molecule has 1 aliphatic rings. The van der Waals surface area contributed by atoms with Crippen LogP contribution in [0.1, 0.15) is 43.6 Å². The zero-order valence-electron chi connectivity index (χ0n) is 10.2. The van der Waals surface area contributed by atoms with E-state index in [2.05, 4.69) is 0 Å². The highest BCUT2D eigenvalue weighted by molar-refractivity contribution is 6.30. The van der Waals surface area contributed by atoms with Crippen LogP contribution in [-0.4, -0.2) is 11.1 Å². The van der Waals surface area contributed by atoms with E-state index in [1.807, 2.05) is 0 Å². The van der Waals surface area contributed by atoms with Gasteiger partial charge in [-0.1, -0.05) is 37.3 Å². The Labute approximate surface area is 112 Å². The predicted molar refractivity (Wildman–Crippen MR) is 72.8 cm³/mol. The van der Waals surface area contributed by atoms with Crippen molar-refractivity contribution in [3.05, 3.63) is 28.8 Å². The summed E-state index contributed by atoms with van der Waals surface area (Å²) in [6, 6.07) is 5.06.